The van der Waals surface area contributed by atoms with Crippen molar-refractivity contribution in [3.8, 4) is 0 Å². The summed E-state index contributed by atoms with van der Waals surface area (Å²) >= 11 is 6.28. The maximum atomic E-state index is 6.28. The number of piperazine rings is 1. The first-order chi connectivity index (χ1) is 9.13. The lowest BCUT2D eigenvalue weighted by Crippen LogP contribution is -2.54. The van der Waals surface area contributed by atoms with Gasteiger partial charge in [-0.05, 0) is 50.1 Å². The van der Waals surface area contributed by atoms with Gasteiger partial charge in [0.1, 0.15) is 0 Å². The van der Waals surface area contributed by atoms with Crippen LogP contribution >= 0.6 is 11.6 Å². The molecule has 2 saturated heterocycles. The third-order valence-electron chi connectivity index (χ3n) is 4.51. The van der Waals surface area contributed by atoms with E-state index in [2.05, 4.69) is 16.7 Å². The number of nitrogen functional groups attached to an aromatic ring is 1. The number of hydrogen-bond acceptors (Lipinski definition) is 3. The standard InChI is InChI=1S/C15H22ClN3/c1-11-8-18-6-2-3-14(18)10-19(11)9-12-7-13(17)4-5-15(12)16/h4-5,7,11,14H,2-3,6,8-10,17H2,1H3. The van der Waals surface area contributed by atoms with E-state index in [1.807, 2.05) is 18.2 Å². The molecule has 0 spiro atoms. The van der Waals surface area contributed by atoms with Crippen LogP contribution < -0.4 is 5.73 Å². The molecule has 1 aromatic rings. The van der Waals surface area contributed by atoms with Gasteiger partial charge in [0.05, 0.1) is 0 Å². The molecular weight excluding hydrogens is 258 g/mol. The molecule has 2 unspecified atom stereocenters. The monoisotopic (exact) mass is 279 g/mol. The second-order valence-corrected chi connectivity index (χ2v) is 6.33. The summed E-state index contributed by atoms with van der Waals surface area (Å²) in [4.78, 5) is 5.19. The Labute approximate surface area is 120 Å². The molecule has 0 radical (unpaired) electrons. The molecule has 2 fully saturated rings. The summed E-state index contributed by atoms with van der Waals surface area (Å²) in [5.74, 6) is 0. The van der Waals surface area contributed by atoms with Crippen LogP contribution in [0, 0.1) is 0 Å². The van der Waals surface area contributed by atoms with Crippen LogP contribution in [0.25, 0.3) is 0 Å². The normalized spacial score (nSPS) is 28.5. The van der Waals surface area contributed by atoms with Gasteiger partial charge >= 0.3 is 0 Å². The van der Waals surface area contributed by atoms with Gasteiger partial charge in [-0.2, -0.15) is 0 Å². The molecule has 2 aliphatic rings. The second kappa shape index (κ2) is 5.31. The van der Waals surface area contributed by atoms with Crippen LogP contribution in [0.15, 0.2) is 18.2 Å². The Balaban J connectivity index is 1.73. The molecule has 1 aromatic carbocycles. The quantitative estimate of drug-likeness (QED) is 0.845. The van der Waals surface area contributed by atoms with Crippen LogP contribution in [0.1, 0.15) is 25.3 Å². The van der Waals surface area contributed by atoms with Gasteiger partial charge in [0.2, 0.25) is 0 Å². The predicted molar refractivity (Wildman–Crippen MR) is 80.3 cm³/mol. The van der Waals surface area contributed by atoms with Crippen molar-refractivity contribution in [1.82, 2.24) is 9.80 Å². The van der Waals surface area contributed by atoms with E-state index in [1.165, 1.54) is 25.9 Å². The van der Waals surface area contributed by atoms with E-state index >= 15 is 0 Å². The fourth-order valence-electron chi connectivity index (χ4n) is 3.40. The van der Waals surface area contributed by atoms with Crippen LogP contribution in [0.3, 0.4) is 0 Å². The molecule has 0 aromatic heterocycles. The van der Waals surface area contributed by atoms with Crippen molar-refractivity contribution in [2.45, 2.75) is 38.4 Å². The Hall–Kier alpha value is -0.770. The average molecular weight is 280 g/mol. The fraction of sp³-hybridized carbons (Fsp3) is 0.600. The Morgan fingerprint density at radius 1 is 1.37 bits per heavy atom. The molecule has 0 bridgehead atoms. The first kappa shape index (κ1) is 13.2. The number of nitrogens with two attached hydrogens (primary N) is 1. The predicted octanol–water partition coefficient (Wildman–Crippen LogP) is 2.59. The van der Waals surface area contributed by atoms with Crippen LogP contribution in [-0.2, 0) is 6.54 Å². The zero-order chi connectivity index (χ0) is 13.4. The summed E-state index contributed by atoms with van der Waals surface area (Å²) in [5, 5.41) is 0.829. The molecule has 0 amide bonds. The summed E-state index contributed by atoms with van der Waals surface area (Å²) in [6, 6.07) is 7.12. The minimum Gasteiger partial charge on any atom is -0.399 e. The van der Waals surface area contributed by atoms with Gasteiger partial charge in [0.25, 0.3) is 0 Å². The summed E-state index contributed by atoms with van der Waals surface area (Å²) in [6.07, 6.45) is 2.69. The van der Waals surface area contributed by atoms with Crippen molar-refractivity contribution in [2.24, 2.45) is 0 Å². The molecular formula is C15H22ClN3. The van der Waals surface area contributed by atoms with Crippen LogP contribution in [-0.4, -0.2) is 41.5 Å². The van der Waals surface area contributed by atoms with Gasteiger partial charge in [0, 0.05) is 42.4 Å². The number of nitrogens with zero attached hydrogens (tertiary/aromatic N) is 2. The Morgan fingerprint density at radius 2 is 2.21 bits per heavy atom. The maximum absolute atomic E-state index is 6.28. The molecule has 0 aliphatic carbocycles. The van der Waals surface area contributed by atoms with Gasteiger partial charge in [-0.25, -0.2) is 0 Å². The minimum atomic E-state index is 0.590. The third kappa shape index (κ3) is 2.73. The zero-order valence-electron chi connectivity index (χ0n) is 11.5. The van der Waals surface area contributed by atoms with Gasteiger partial charge in [-0.15, -0.1) is 0 Å². The summed E-state index contributed by atoms with van der Waals surface area (Å²) < 4.78 is 0. The second-order valence-electron chi connectivity index (χ2n) is 5.92. The molecule has 4 heteroatoms. The SMILES string of the molecule is CC1CN2CCCC2CN1Cc1cc(N)ccc1Cl. The van der Waals surface area contributed by atoms with E-state index < -0.39 is 0 Å². The summed E-state index contributed by atoms with van der Waals surface area (Å²) in [7, 11) is 0. The Bertz CT molecular complexity index is 463. The number of rotatable bonds is 2. The van der Waals surface area contributed by atoms with E-state index in [0.29, 0.717) is 6.04 Å². The van der Waals surface area contributed by atoms with Crippen molar-refractivity contribution in [1.29, 1.82) is 0 Å². The lowest BCUT2D eigenvalue weighted by Gasteiger charge is -2.42. The van der Waals surface area contributed by atoms with Crippen molar-refractivity contribution >= 4 is 17.3 Å². The molecule has 19 heavy (non-hydrogen) atoms. The smallest absolute Gasteiger partial charge is 0.0452 e. The Morgan fingerprint density at radius 3 is 3.05 bits per heavy atom. The molecule has 2 aliphatic heterocycles. The topological polar surface area (TPSA) is 32.5 Å². The molecule has 3 nitrogen and oxygen atoms in total. The highest BCUT2D eigenvalue weighted by Gasteiger charge is 2.34. The third-order valence-corrected chi connectivity index (χ3v) is 4.88. The first-order valence-electron chi connectivity index (χ1n) is 7.15. The molecule has 2 heterocycles. The van der Waals surface area contributed by atoms with Crippen molar-refractivity contribution in [3.63, 3.8) is 0 Å². The van der Waals surface area contributed by atoms with Gasteiger partial charge in [-0.3, -0.25) is 9.80 Å². The number of hydrogen-bond donors (Lipinski definition) is 1. The molecule has 0 saturated carbocycles. The van der Waals surface area contributed by atoms with Crippen LogP contribution in [0.2, 0.25) is 5.02 Å². The van der Waals surface area contributed by atoms with Crippen molar-refractivity contribution in [3.05, 3.63) is 28.8 Å². The summed E-state index contributed by atoms with van der Waals surface area (Å²) in [6.45, 7) is 6.85. The average Bonchev–Trinajstić information content (AvgIpc) is 2.81. The number of fused-ring (bicyclic) bond motifs is 1. The van der Waals surface area contributed by atoms with Crippen LogP contribution in [0.4, 0.5) is 5.69 Å². The summed E-state index contributed by atoms with van der Waals surface area (Å²) in [5.41, 5.74) is 7.82. The molecule has 2 N–H and O–H groups in total. The van der Waals surface area contributed by atoms with Crippen molar-refractivity contribution < 1.29 is 0 Å². The number of halogens is 1. The molecule has 2 atom stereocenters. The molecule has 3 rings (SSSR count). The van der Waals surface area contributed by atoms with E-state index in [4.69, 9.17) is 17.3 Å². The maximum Gasteiger partial charge on any atom is 0.0452 e. The lowest BCUT2D eigenvalue weighted by molar-refractivity contribution is 0.0541. The lowest BCUT2D eigenvalue weighted by atomic mass is 10.1. The highest BCUT2D eigenvalue weighted by atomic mass is 35.5. The highest BCUT2D eigenvalue weighted by Crippen LogP contribution is 2.27. The number of anilines is 1. The number of benzene rings is 1. The molecule has 104 valence electrons. The van der Waals surface area contributed by atoms with E-state index in [9.17, 15) is 0 Å². The largest absolute Gasteiger partial charge is 0.399 e. The zero-order valence-corrected chi connectivity index (χ0v) is 12.2. The van der Waals surface area contributed by atoms with Gasteiger partial charge < -0.3 is 5.73 Å². The first-order valence-corrected chi connectivity index (χ1v) is 7.53. The van der Waals surface area contributed by atoms with Crippen LogP contribution in [0.5, 0.6) is 0 Å². The minimum absolute atomic E-state index is 0.590. The fourth-order valence-corrected chi connectivity index (χ4v) is 3.58. The van der Waals surface area contributed by atoms with Gasteiger partial charge in [0.15, 0.2) is 0 Å². The van der Waals surface area contributed by atoms with E-state index in [1.54, 1.807) is 0 Å². The van der Waals surface area contributed by atoms with E-state index in [-0.39, 0.29) is 0 Å². The highest BCUT2D eigenvalue weighted by molar-refractivity contribution is 6.31. The van der Waals surface area contributed by atoms with E-state index in [0.717, 1.165) is 35.4 Å². The van der Waals surface area contributed by atoms with Crippen molar-refractivity contribution in [2.75, 3.05) is 25.4 Å². The van der Waals surface area contributed by atoms with Gasteiger partial charge in [-0.1, -0.05) is 11.6 Å². The Kier molecular flexibility index (Phi) is 3.70.